The maximum absolute atomic E-state index is 4.76. The maximum Gasteiger partial charge on any atom is 0.188 e. The molecule has 1 fully saturated rings. The van der Waals surface area contributed by atoms with Gasteiger partial charge in [-0.05, 0) is 52.0 Å². The van der Waals surface area contributed by atoms with Crippen molar-refractivity contribution >= 4 is 22.3 Å². The van der Waals surface area contributed by atoms with Crippen molar-refractivity contribution in [3.8, 4) is 0 Å². The Hall–Kier alpha value is -1.46. The van der Waals surface area contributed by atoms with Gasteiger partial charge in [0, 0.05) is 17.0 Å². The highest BCUT2D eigenvalue weighted by Crippen LogP contribution is 2.27. The van der Waals surface area contributed by atoms with Crippen molar-refractivity contribution < 1.29 is 0 Å². The molecule has 0 saturated carbocycles. The number of hydrogen-bond acceptors (Lipinski definition) is 5. The van der Waals surface area contributed by atoms with Crippen LogP contribution in [-0.4, -0.2) is 35.0 Å². The Morgan fingerprint density at radius 1 is 1.25 bits per heavy atom. The number of likely N-dealkylation sites (tertiary alicyclic amines) is 1. The van der Waals surface area contributed by atoms with Crippen LogP contribution in [0.2, 0.25) is 0 Å². The molecular weight excluding hydrogens is 268 g/mol. The van der Waals surface area contributed by atoms with Gasteiger partial charge in [0.15, 0.2) is 5.13 Å². The standard InChI is InChI=1S/C15H20N4S/c1-11-10-20-15(16-11)18-14-5-3-4-13(17-14)12-6-8-19(2)9-7-12/h3-5,10,12H,6-9H2,1-2H3,(H,16,17,18). The first-order chi connectivity index (χ1) is 9.70. The van der Waals surface area contributed by atoms with Crippen molar-refractivity contribution in [3.63, 3.8) is 0 Å². The Morgan fingerprint density at radius 3 is 2.75 bits per heavy atom. The van der Waals surface area contributed by atoms with E-state index in [2.05, 4.69) is 34.4 Å². The van der Waals surface area contributed by atoms with Crippen LogP contribution in [0, 0.1) is 6.92 Å². The van der Waals surface area contributed by atoms with Gasteiger partial charge in [0.25, 0.3) is 0 Å². The maximum atomic E-state index is 4.76. The zero-order valence-electron chi connectivity index (χ0n) is 12.0. The molecule has 106 valence electrons. The molecule has 4 nitrogen and oxygen atoms in total. The van der Waals surface area contributed by atoms with Crippen LogP contribution >= 0.6 is 11.3 Å². The Balaban J connectivity index is 1.72. The lowest BCUT2D eigenvalue weighted by Crippen LogP contribution is -2.29. The second kappa shape index (κ2) is 5.89. The van der Waals surface area contributed by atoms with Crippen molar-refractivity contribution in [2.45, 2.75) is 25.7 Å². The van der Waals surface area contributed by atoms with Gasteiger partial charge >= 0.3 is 0 Å². The van der Waals surface area contributed by atoms with Crippen LogP contribution in [0.1, 0.15) is 30.1 Å². The molecule has 1 N–H and O–H groups in total. The van der Waals surface area contributed by atoms with E-state index in [0.717, 1.165) is 29.7 Å². The topological polar surface area (TPSA) is 41.0 Å². The second-order valence-corrected chi connectivity index (χ2v) is 6.30. The normalized spacial score (nSPS) is 17.3. The summed E-state index contributed by atoms with van der Waals surface area (Å²) in [6.45, 7) is 4.33. The smallest absolute Gasteiger partial charge is 0.188 e. The molecule has 0 amide bonds. The van der Waals surface area contributed by atoms with Gasteiger partial charge in [0.2, 0.25) is 0 Å². The fourth-order valence-electron chi connectivity index (χ4n) is 2.57. The average Bonchev–Trinajstić information content (AvgIpc) is 2.85. The zero-order chi connectivity index (χ0) is 13.9. The molecule has 0 radical (unpaired) electrons. The molecule has 20 heavy (non-hydrogen) atoms. The van der Waals surface area contributed by atoms with E-state index < -0.39 is 0 Å². The number of rotatable bonds is 3. The predicted molar refractivity (Wildman–Crippen MR) is 83.8 cm³/mol. The summed E-state index contributed by atoms with van der Waals surface area (Å²) in [6, 6.07) is 6.24. The Kier molecular flexibility index (Phi) is 3.98. The van der Waals surface area contributed by atoms with Crippen LogP contribution in [0.25, 0.3) is 0 Å². The molecule has 2 aromatic heterocycles. The van der Waals surface area contributed by atoms with Gasteiger partial charge in [-0.2, -0.15) is 0 Å². The van der Waals surface area contributed by atoms with E-state index in [1.54, 1.807) is 11.3 Å². The molecule has 0 aromatic carbocycles. The van der Waals surface area contributed by atoms with Gasteiger partial charge in [-0.1, -0.05) is 6.07 Å². The number of aryl methyl sites for hydroxylation is 1. The van der Waals surface area contributed by atoms with Crippen LogP contribution in [-0.2, 0) is 0 Å². The summed E-state index contributed by atoms with van der Waals surface area (Å²) in [5.41, 5.74) is 2.25. The predicted octanol–water partition coefficient (Wildman–Crippen LogP) is 3.40. The number of thiazole rings is 1. The molecular formula is C15H20N4S. The largest absolute Gasteiger partial charge is 0.316 e. The Labute approximate surface area is 123 Å². The highest BCUT2D eigenvalue weighted by molar-refractivity contribution is 7.13. The molecule has 1 saturated heterocycles. The lowest BCUT2D eigenvalue weighted by atomic mass is 9.93. The summed E-state index contributed by atoms with van der Waals surface area (Å²) in [4.78, 5) is 11.6. The van der Waals surface area contributed by atoms with Crippen LogP contribution < -0.4 is 5.32 Å². The van der Waals surface area contributed by atoms with Crippen LogP contribution in [0.5, 0.6) is 0 Å². The van der Waals surface area contributed by atoms with E-state index in [1.807, 2.05) is 18.4 Å². The third kappa shape index (κ3) is 3.16. The second-order valence-electron chi connectivity index (χ2n) is 5.44. The first-order valence-electron chi connectivity index (χ1n) is 7.05. The lowest BCUT2D eigenvalue weighted by Gasteiger charge is -2.28. The van der Waals surface area contributed by atoms with Crippen molar-refractivity contribution in [2.24, 2.45) is 0 Å². The number of hydrogen-bond donors (Lipinski definition) is 1. The van der Waals surface area contributed by atoms with E-state index in [4.69, 9.17) is 4.98 Å². The fraction of sp³-hybridized carbons (Fsp3) is 0.467. The third-order valence-corrected chi connectivity index (χ3v) is 4.64. The summed E-state index contributed by atoms with van der Waals surface area (Å²) < 4.78 is 0. The monoisotopic (exact) mass is 288 g/mol. The quantitative estimate of drug-likeness (QED) is 0.940. The molecule has 2 aromatic rings. The number of nitrogens with one attached hydrogen (secondary N) is 1. The number of aromatic nitrogens is 2. The summed E-state index contributed by atoms with van der Waals surface area (Å²) in [6.07, 6.45) is 2.40. The molecule has 1 aliphatic rings. The fourth-order valence-corrected chi connectivity index (χ4v) is 3.27. The van der Waals surface area contributed by atoms with Crippen molar-refractivity contribution in [1.29, 1.82) is 0 Å². The van der Waals surface area contributed by atoms with Crippen LogP contribution in [0.15, 0.2) is 23.6 Å². The molecule has 0 aliphatic carbocycles. The Morgan fingerprint density at radius 2 is 2.05 bits per heavy atom. The molecule has 3 rings (SSSR count). The first kappa shape index (κ1) is 13.5. The highest BCUT2D eigenvalue weighted by Gasteiger charge is 2.19. The van der Waals surface area contributed by atoms with Crippen molar-refractivity contribution in [3.05, 3.63) is 35.0 Å². The summed E-state index contributed by atoms with van der Waals surface area (Å²) >= 11 is 1.62. The number of anilines is 2. The minimum Gasteiger partial charge on any atom is -0.316 e. The molecule has 0 bridgehead atoms. The van der Waals surface area contributed by atoms with E-state index in [9.17, 15) is 0 Å². The molecule has 5 heteroatoms. The number of nitrogens with zero attached hydrogens (tertiary/aromatic N) is 3. The summed E-state index contributed by atoms with van der Waals surface area (Å²) in [7, 11) is 2.19. The molecule has 1 aliphatic heterocycles. The molecule has 0 spiro atoms. The van der Waals surface area contributed by atoms with Gasteiger partial charge in [0.1, 0.15) is 5.82 Å². The zero-order valence-corrected chi connectivity index (χ0v) is 12.8. The van der Waals surface area contributed by atoms with Gasteiger partial charge in [-0.25, -0.2) is 9.97 Å². The summed E-state index contributed by atoms with van der Waals surface area (Å²) in [5.74, 6) is 1.49. The Bertz CT molecular complexity index is 573. The van der Waals surface area contributed by atoms with E-state index in [0.29, 0.717) is 5.92 Å². The van der Waals surface area contributed by atoms with Crippen LogP contribution in [0.3, 0.4) is 0 Å². The highest BCUT2D eigenvalue weighted by atomic mass is 32.1. The van der Waals surface area contributed by atoms with Crippen molar-refractivity contribution in [2.75, 3.05) is 25.5 Å². The molecule has 0 unspecified atom stereocenters. The van der Waals surface area contributed by atoms with E-state index in [1.165, 1.54) is 18.5 Å². The molecule has 3 heterocycles. The van der Waals surface area contributed by atoms with Crippen LogP contribution in [0.4, 0.5) is 10.9 Å². The van der Waals surface area contributed by atoms with Gasteiger partial charge in [0.05, 0.1) is 5.69 Å². The number of piperidine rings is 1. The minimum absolute atomic E-state index is 0.589. The van der Waals surface area contributed by atoms with Crippen molar-refractivity contribution in [1.82, 2.24) is 14.9 Å². The van der Waals surface area contributed by atoms with E-state index >= 15 is 0 Å². The number of pyridine rings is 1. The third-order valence-electron chi connectivity index (χ3n) is 3.76. The van der Waals surface area contributed by atoms with Gasteiger partial charge in [-0.3, -0.25) is 0 Å². The molecule has 0 atom stereocenters. The van der Waals surface area contributed by atoms with E-state index in [-0.39, 0.29) is 0 Å². The lowest BCUT2D eigenvalue weighted by molar-refractivity contribution is 0.253. The summed E-state index contributed by atoms with van der Waals surface area (Å²) in [5, 5.41) is 6.26. The van der Waals surface area contributed by atoms with Gasteiger partial charge < -0.3 is 10.2 Å². The average molecular weight is 288 g/mol. The van der Waals surface area contributed by atoms with Gasteiger partial charge in [-0.15, -0.1) is 11.3 Å². The SMILES string of the molecule is Cc1csc(Nc2cccc(C3CCN(C)CC3)n2)n1. The minimum atomic E-state index is 0.589. The first-order valence-corrected chi connectivity index (χ1v) is 7.93.